The summed E-state index contributed by atoms with van der Waals surface area (Å²) in [5, 5.41) is 18.7. The third kappa shape index (κ3) is 1.69. The second kappa shape index (κ2) is 3.64. The van der Waals surface area contributed by atoms with E-state index in [1.165, 1.54) is 0 Å². The van der Waals surface area contributed by atoms with E-state index in [0.29, 0.717) is 19.4 Å². The summed E-state index contributed by atoms with van der Waals surface area (Å²) < 4.78 is 5.18. The molecule has 0 saturated carbocycles. The Balaban J connectivity index is 2.84. The SMILES string of the molecule is CC(C)C(O)C1(C(=O)O)CCCO1. The van der Waals surface area contributed by atoms with Crippen LogP contribution in [0.15, 0.2) is 0 Å². The quantitative estimate of drug-likeness (QED) is 0.682. The Bertz CT molecular complexity index is 194. The second-order valence-corrected chi connectivity index (χ2v) is 3.84. The first kappa shape index (κ1) is 10.5. The van der Waals surface area contributed by atoms with Crippen molar-refractivity contribution in [1.29, 1.82) is 0 Å². The highest BCUT2D eigenvalue weighted by atomic mass is 16.5. The van der Waals surface area contributed by atoms with E-state index in [2.05, 4.69) is 0 Å². The fourth-order valence-corrected chi connectivity index (χ4v) is 1.73. The van der Waals surface area contributed by atoms with Crippen LogP contribution in [-0.2, 0) is 9.53 Å². The fraction of sp³-hybridized carbons (Fsp3) is 0.889. The van der Waals surface area contributed by atoms with E-state index in [9.17, 15) is 9.90 Å². The zero-order valence-corrected chi connectivity index (χ0v) is 7.99. The van der Waals surface area contributed by atoms with E-state index in [0.717, 1.165) is 0 Å². The molecule has 0 spiro atoms. The Morgan fingerprint density at radius 1 is 1.54 bits per heavy atom. The third-order valence-electron chi connectivity index (χ3n) is 2.52. The van der Waals surface area contributed by atoms with E-state index in [4.69, 9.17) is 9.84 Å². The molecule has 0 aromatic heterocycles. The van der Waals surface area contributed by atoms with Gasteiger partial charge in [-0.3, -0.25) is 0 Å². The summed E-state index contributed by atoms with van der Waals surface area (Å²) in [4.78, 5) is 11.0. The van der Waals surface area contributed by atoms with Gasteiger partial charge in [0.05, 0.1) is 6.10 Å². The molecule has 1 fully saturated rings. The maximum Gasteiger partial charge on any atom is 0.338 e. The second-order valence-electron chi connectivity index (χ2n) is 3.84. The van der Waals surface area contributed by atoms with Crippen molar-refractivity contribution in [3.05, 3.63) is 0 Å². The summed E-state index contributed by atoms with van der Waals surface area (Å²) in [6.45, 7) is 4.00. The zero-order chi connectivity index (χ0) is 10.1. The highest BCUT2D eigenvalue weighted by Crippen LogP contribution is 2.32. The van der Waals surface area contributed by atoms with Gasteiger partial charge in [-0.1, -0.05) is 13.8 Å². The minimum atomic E-state index is -1.35. The number of carboxylic acid groups (broad SMARTS) is 1. The molecule has 0 aliphatic carbocycles. The standard InChI is InChI=1S/C9H16O4/c1-6(2)7(10)9(8(11)12)4-3-5-13-9/h6-7,10H,3-5H2,1-2H3,(H,11,12). The lowest BCUT2D eigenvalue weighted by molar-refractivity contribution is -0.177. The molecule has 2 unspecified atom stereocenters. The molecule has 1 aliphatic heterocycles. The van der Waals surface area contributed by atoms with Crippen molar-refractivity contribution in [3.63, 3.8) is 0 Å². The van der Waals surface area contributed by atoms with E-state index in [1.54, 1.807) is 13.8 Å². The van der Waals surface area contributed by atoms with Crippen LogP contribution in [0.5, 0.6) is 0 Å². The normalized spacial score (nSPS) is 30.8. The summed E-state index contributed by atoms with van der Waals surface area (Å²) in [5.41, 5.74) is -1.35. The molecule has 1 rings (SSSR count). The van der Waals surface area contributed by atoms with Crippen LogP contribution < -0.4 is 0 Å². The Morgan fingerprint density at radius 2 is 2.15 bits per heavy atom. The topological polar surface area (TPSA) is 66.8 Å². The molecule has 4 nitrogen and oxygen atoms in total. The van der Waals surface area contributed by atoms with Crippen molar-refractivity contribution in [2.24, 2.45) is 5.92 Å². The summed E-state index contributed by atoms with van der Waals surface area (Å²) in [6.07, 6.45) is 0.185. The summed E-state index contributed by atoms with van der Waals surface area (Å²) in [5.74, 6) is -1.15. The molecule has 2 N–H and O–H groups in total. The molecule has 0 radical (unpaired) electrons. The number of aliphatic hydroxyl groups is 1. The molecule has 0 bridgehead atoms. The van der Waals surface area contributed by atoms with Crippen LogP contribution in [-0.4, -0.2) is 34.5 Å². The minimum absolute atomic E-state index is 0.103. The van der Waals surface area contributed by atoms with Crippen LogP contribution in [0.2, 0.25) is 0 Å². The fourth-order valence-electron chi connectivity index (χ4n) is 1.73. The van der Waals surface area contributed by atoms with Crippen LogP contribution >= 0.6 is 0 Å². The molecule has 2 atom stereocenters. The Kier molecular flexibility index (Phi) is 2.93. The van der Waals surface area contributed by atoms with Gasteiger partial charge < -0.3 is 14.9 Å². The van der Waals surface area contributed by atoms with E-state index >= 15 is 0 Å². The first-order valence-corrected chi connectivity index (χ1v) is 4.56. The van der Waals surface area contributed by atoms with Gasteiger partial charge >= 0.3 is 5.97 Å². The number of carbonyl (C=O) groups is 1. The van der Waals surface area contributed by atoms with Crippen molar-refractivity contribution in [2.75, 3.05) is 6.61 Å². The van der Waals surface area contributed by atoms with Crippen LogP contribution in [0.4, 0.5) is 0 Å². The van der Waals surface area contributed by atoms with Gasteiger partial charge in [0.2, 0.25) is 0 Å². The number of hydrogen-bond donors (Lipinski definition) is 2. The van der Waals surface area contributed by atoms with Crippen LogP contribution in [0.1, 0.15) is 26.7 Å². The summed E-state index contributed by atoms with van der Waals surface area (Å²) in [6, 6.07) is 0. The molecule has 1 saturated heterocycles. The van der Waals surface area contributed by atoms with Gasteiger partial charge in [0.1, 0.15) is 0 Å². The van der Waals surface area contributed by atoms with Crippen molar-refractivity contribution >= 4 is 5.97 Å². The van der Waals surface area contributed by atoms with Gasteiger partial charge in [-0.05, 0) is 18.8 Å². The van der Waals surface area contributed by atoms with Gasteiger partial charge in [0.15, 0.2) is 5.60 Å². The lowest BCUT2D eigenvalue weighted by atomic mass is 9.86. The smallest absolute Gasteiger partial charge is 0.338 e. The zero-order valence-electron chi connectivity index (χ0n) is 7.99. The number of rotatable bonds is 3. The average molecular weight is 188 g/mol. The summed E-state index contributed by atoms with van der Waals surface area (Å²) in [7, 11) is 0. The maximum absolute atomic E-state index is 11.0. The Hall–Kier alpha value is -0.610. The highest BCUT2D eigenvalue weighted by Gasteiger charge is 2.50. The number of aliphatic carboxylic acids is 1. The van der Waals surface area contributed by atoms with E-state index in [1.807, 2.05) is 0 Å². The number of carboxylic acids is 1. The van der Waals surface area contributed by atoms with E-state index < -0.39 is 17.7 Å². The molecule has 4 heteroatoms. The van der Waals surface area contributed by atoms with Crippen LogP contribution in [0, 0.1) is 5.92 Å². The molecule has 1 aliphatic rings. The average Bonchev–Trinajstić information content (AvgIpc) is 2.51. The first-order chi connectivity index (χ1) is 6.00. The number of ether oxygens (including phenoxy) is 1. The maximum atomic E-state index is 11.0. The van der Waals surface area contributed by atoms with Gasteiger partial charge in [0, 0.05) is 6.61 Å². The largest absolute Gasteiger partial charge is 0.479 e. The number of hydrogen-bond acceptors (Lipinski definition) is 3. The van der Waals surface area contributed by atoms with Crippen LogP contribution in [0.25, 0.3) is 0 Å². The third-order valence-corrected chi connectivity index (χ3v) is 2.52. The molecular weight excluding hydrogens is 172 g/mol. The summed E-state index contributed by atoms with van der Waals surface area (Å²) >= 11 is 0. The Labute approximate surface area is 77.5 Å². The van der Waals surface area contributed by atoms with Gasteiger partial charge in [-0.25, -0.2) is 4.79 Å². The molecule has 0 amide bonds. The first-order valence-electron chi connectivity index (χ1n) is 4.56. The molecule has 13 heavy (non-hydrogen) atoms. The predicted octanol–water partition coefficient (Wildman–Crippen LogP) is 0.637. The molecular formula is C9H16O4. The van der Waals surface area contributed by atoms with Gasteiger partial charge in [0.25, 0.3) is 0 Å². The van der Waals surface area contributed by atoms with Crippen LogP contribution in [0.3, 0.4) is 0 Å². The molecule has 0 aromatic carbocycles. The van der Waals surface area contributed by atoms with Crippen molar-refractivity contribution in [2.45, 2.75) is 38.4 Å². The number of aliphatic hydroxyl groups excluding tert-OH is 1. The van der Waals surface area contributed by atoms with Crippen molar-refractivity contribution < 1.29 is 19.7 Å². The molecule has 76 valence electrons. The highest BCUT2D eigenvalue weighted by molar-refractivity contribution is 5.78. The molecule has 0 aromatic rings. The Morgan fingerprint density at radius 3 is 2.46 bits per heavy atom. The molecule has 1 heterocycles. The van der Waals surface area contributed by atoms with E-state index in [-0.39, 0.29) is 5.92 Å². The van der Waals surface area contributed by atoms with Gasteiger partial charge in [-0.2, -0.15) is 0 Å². The minimum Gasteiger partial charge on any atom is -0.479 e. The predicted molar refractivity (Wildman–Crippen MR) is 46.4 cm³/mol. The monoisotopic (exact) mass is 188 g/mol. The lowest BCUT2D eigenvalue weighted by Gasteiger charge is -2.31. The van der Waals surface area contributed by atoms with Crippen molar-refractivity contribution in [1.82, 2.24) is 0 Å². The van der Waals surface area contributed by atoms with Crippen molar-refractivity contribution in [3.8, 4) is 0 Å². The lowest BCUT2D eigenvalue weighted by Crippen LogP contribution is -2.51. The van der Waals surface area contributed by atoms with Gasteiger partial charge in [-0.15, -0.1) is 0 Å².